The Morgan fingerprint density at radius 2 is 1.72 bits per heavy atom. The summed E-state index contributed by atoms with van der Waals surface area (Å²) in [6, 6.07) is -1.49. The molecule has 0 saturated heterocycles. The summed E-state index contributed by atoms with van der Waals surface area (Å²) in [6.07, 6.45) is 0.706. The predicted octanol–water partition coefficient (Wildman–Crippen LogP) is -1.53. The van der Waals surface area contributed by atoms with Crippen molar-refractivity contribution in [3.8, 4) is 0 Å². The average Bonchev–Trinajstić information content (AvgIpc) is 2.33. The lowest BCUT2D eigenvalue weighted by Crippen LogP contribution is -2.54. The normalized spacial score (nSPS) is 15.3. The van der Waals surface area contributed by atoms with Gasteiger partial charge in [-0.05, 0) is 12.8 Å². The zero-order valence-electron chi connectivity index (χ0n) is 11.0. The van der Waals surface area contributed by atoms with E-state index < -0.39 is 29.8 Å². The Bertz CT molecular complexity index is 319. The molecule has 0 spiro atoms. The highest BCUT2D eigenvalue weighted by atomic mass is 16.2. The van der Waals surface area contributed by atoms with Gasteiger partial charge in [0.15, 0.2) is 0 Å². The summed E-state index contributed by atoms with van der Waals surface area (Å²) in [5, 5.41) is 4.93. The SMILES string of the molecule is CC[C@H](C)[C@H](NC(=O)[C@@H](C)NC(=O)CN)C(N)=O. The molecule has 7 nitrogen and oxygen atoms in total. The molecule has 104 valence electrons. The third kappa shape index (κ3) is 5.13. The number of carbonyl (C=O) groups excluding carboxylic acids is 3. The van der Waals surface area contributed by atoms with Crippen molar-refractivity contribution in [3.63, 3.8) is 0 Å². The minimum atomic E-state index is -0.757. The fourth-order valence-corrected chi connectivity index (χ4v) is 1.37. The van der Waals surface area contributed by atoms with Crippen LogP contribution in [0.25, 0.3) is 0 Å². The molecule has 0 aromatic carbocycles. The lowest BCUT2D eigenvalue weighted by molar-refractivity contribution is -0.131. The first kappa shape index (κ1) is 16.4. The Labute approximate surface area is 107 Å². The molecule has 0 saturated carbocycles. The molecule has 7 heteroatoms. The first-order chi connectivity index (χ1) is 8.33. The molecule has 18 heavy (non-hydrogen) atoms. The van der Waals surface area contributed by atoms with Crippen LogP contribution in [-0.4, -0.2) is 36.3 Å². The quantitative estimate of drug-likeness (QED) is 0.441. The van der Waals surface area contributed by atoms with Gasteiger partial charge in [-0.15, -0.1) is 0 Å². The molecule has 0 fully saturated rings. The Morgan fingerprint density at radius 3 is 2.11 bits per heavy atom. The summed E-state index contributed by atoms with van der Waals surface area (Å²) in [5.74, 6) is -1.54. The van der Waals surface area contributed by atoms with E-state index in [0.29, 0.717) is 6.42 Å². The molecule has 0 aromatic heterocycles. The molecule has 3 atom stereocenters. The fourth-order valence-electron chi connectivity index (χ4n) is 1.37. The van der Waals surface area contributed by atoms with Crippen molar-refractivity contribution in [1.82, 2.24) is 10.6 Å². The molecule has 0 unspecified atom stereocenters. The minimum Gasteiger partial charge on any atom is -0.368 e. The van der Waals surface area contributed by atoms with Gasteiger partial charge in [-0.3, -0.25) is 14.4 Å². The number of carbonyl (C=O) groups is 3. The summed E-state index contributed by atoms with van der Waals surface area (Å²) in [6.45, 7) is 5.03. The van der Waals surface area contributed by atoms with Crippen LogP contribution in [0.3, 0.4) is 0 Å². The van der Waals surface area contributed by atoms with Crippen molar-refractivity contribution in [3.05, 3.63) is 0 Å². The standard InChI is InChI=1S/C11H22N4O3/c1-4-6(2)9(10(13)17)15-11(18)7(3)14-8(16)5-12/h6-7,9H,4-5,12H2,1-3H3,(H2,13,17)(H,14,16)(H,15,18)/t6-,7+,9-/m0/s1. The molecule has 0 aromatic rings. The molecule has 0 rings (SSSR count). The van der Waals surface area contributed by atoms with E-state index in [2.05, 4.69) is 10.6 Å². The van der Waals surface area contributed by atoms with Crippen LogP contribution >= 0.6 is 0 Å². The zero-order valence-corrected chi connectivity index (χ0v) is 11.0. The van der Waals surface area contributed by atoms with Crippen molar-refractivity contribution < 1.29 is 14.4 Å². The van der Waals surface area contributed by atoms with Crippen molar-refractivity contribution in [1.29, 1.82) is 0 Å². The highest BCUT2D eigenvalue weighted by molar-refractivity contribution is 5.91. The van der Waals surface area contributed by atoms with Gasteiger partial charge in [0, 0.05) is 0 Å². The zero-order chi connectivity index (χ0) is 14.3. The number of nitrogens with one attached hydrogen (secondary N) is 2. The molecule has 0 aliphatic heterocycles. The maximum absolute atomic E-state index is 11.8. The lowest BCUT2D eigenvalue weighted by atomic mass is 9.98. The average molecular weight is 258 g/mol. The largest absolute Gasteiger partial charge is 0.368 e. The molecule has 0 aliphatic carbocycles. The Balaban J connectivity index is 4.50. The van der Waals surface area contributed by atoms with Gasteiger partial charge in [0.2, 0.25) is 17.7 Å². The molecular weight excluding hydrogens is 236 g/mol. The van der Waals surface area contributed by atoms with Gasteiger partial charge in [0.05, 0.1) is 6.54 Å². The van der Waals surface area contributed by atoms with Crippen LogP contribution < -0.4 is 22.1 Å². The number of nitrogens with two attached hydrogens (primary N) is 2. The maximum atomic E-state index is 11.8. The maximum Gasteiger partial charge on any atom is 0.242 e. The summed E-state index contributed by atoms with van der Waals surface area (Å²) in [5.41, 5.74) is 10.3. The Hall–Kier alpha value is -1.63. The van der Waals surface area contributed by atoms with Crippen LogP contribution in [0.15, 0.2) is 0 Å². The van der Waals surface area contributed by atoms with E-state index in [1.54, 1.807) is 0 Å². The van der Waals surface area contributed by atoms with Gasteiger partial charge < -0.3 is 22.1 Å². The van der Waals surface area contributed by atoms with Crippen molar-refractivity contribution in [2.45, 2.75) is 39.3 Å². The van der Waals surface area contributed by atoms with Gasteiger partial charge in [0.1, 0.15) is 12.1 Å². The molecule has 0 aliphatic rings. The number of rotatable bonds is 7. The monoisotopic (exact) mass is 258 g/mol. The second-order valence-corrected chi connectivity index (χ2v) is 4.27. The van der Waals surface area contributed by atoms with Crippen molar-refractivity contribution >= 4 is 17.7 Å². The number of hydrogen-bond donors (Lipinski definition) is 4. The first-order valence-electron chi connectivity index (χ1n) is 5.92. The van der Waals surface area contributed by atoms with E-state index in [-0.39, 0.29) is 12.5 Å². The lowest BCUT2D eigenvalue weighted by Gasteiger charge is -2.23. The topological polar surface area (TPSA) is 127 Å². The van der Waals surface area contributed by atoms with E-state index in [1.165, 1.54) is 6.92 Å². The van der Waals surface area contributed by atoms with Crippen LogP contribution in [-0.2, 0) is 14.4 Å². The molecule has 3 amide bonds. The molecule has 0 heterocycles. The second kappa shape index (κ2) is 7.65. The molecule has 6 N–H and O–H groups in total. The number of primary amides is 1. The fraction of sp³-hybridized carbons (Fsp3) is 0.727. The van der Waals surface area contributed by atoms with E-state index in [4.69, 9.17) is 11.5 Å². The van der Waals surface area contributed by atoms with Crippen LogP contribution in [0.5, 0.6) is 0 Å². The smallest absolute Gasteiger partial charge is 0.242 e. The van der Waals surface area contributed by atoms with E-state index >= 15 is 0 Å². The van der Waals surface area contributed by atoms with Crippen LogP contribution in [0.2, 0.25) is 0 Å². The Morgan fingerprint density at radius 1 is 1.17 bits per heavy atom. The molecular formula is C11H22N4O3. The highest BCUT2D eigenvalue weighted by Crippen LogP contribution is 2.07. The van der Waals surface area contributed by atoms with Gasteiger partial charge in [-0.25, -0.2) is 0 Å². The Kier molecular flexibility index (Phi) is 6.96. The third-order valence-corrected chi connectivity index (χ3v) is 2.77. The van der Waals surface area contributed by atoms with Gasteiger partial charge in [0.25, 0.3) is 0 Å². The molecule has 0 bridgehead atoms. The highest BCUT2D eigenvalue weighted by Gasteiger charge is 2.26. The first-order valence-corrected chi connectivity index (χ1v) is 5.92. The second-order valence-electron chi connectivity index (χ2n) is 4.27. The minimum absolute atomic E-state index is 0.0659. The third-order valence-electron chi connectivity index (χ3n) is 2.77. The van der Waals surface area contributed by atoms with Gasteiger partial charge in [-0.1, -0.05) is 20.3 Å². The summed E-state index contributed by atoms with van der Waals surface area (Å²) in [4.78, 5) is 34.0. The van der Waals surface area contributed by atoms with Gasteiger partial charge in [-0.2, -0.15) is 0 Å². The summed E-state index contributed by atoms with van der Waals surface area (Å²) >= 11 is 0. The van der Waals surface area contributed by atoms with E-state index in [1.807, 2.05) is 13.8 Å². The van der Waals surface area contributed by atoms with Crippen LogP contribution in [0.1, 0.15) is 27.2 Å². The van der Waals surface area contributed by atoms with Crippen LogP contribution in [0.4, 0.5) is 0 Å². The van der Waals surface area contributed by atoms with E-state index in [9.17, 15) is 14.4 Å². The number of amides is 3. The van der Waals surface area contributed by atoms with Crippen molar-refractivity contribution in [2.24, 2.45) is 17.4 Å². The number of hydrogen-bond acceptors (Lipinski definition) is 4. The van der Waals surface area contributed by atoms with E-state index in [0.717, 1.165) is 0 Å². The van der Waals surface area contributed by atoms with Crippen LogP contribution in [0, 0.1) is 5.92 Å². The van der Waals surface area contributed by atoms with Crippen molar-refractivity contribution in [2.75, 3.05) is 6.54 Å². The van der Waals surface area contributed by atoms with Gasteiger partial charge >= 0.3 is 0 Å². The summed E-state index contributed by atoms with van der Waals surface area (Å²) < 4.78 is 0. The molecule has 0 radical (unpaired) electrons. The predicted molar refractivity (Wildman–Crippen MR) is 67.2 cm³/mol. The summed E-state index contributed by atoms with van der Waals surface area (Å²) in [7, 11) is 0.